The second kappa shape index (κ2) is 11.2. The van der Waals surface area contributed by atoms with Gasteiger partial charge in [0.2, 0.25) is 0 Å². The second-order valence-electron chi connectivity index (χ2n) is 6.37. The summed E-state index contributed by atoms with van der Waals surface area (Å²) in [7, 11) is -2.81. The number of carbonyl (C=O) groups excluding carboxylic acids is 1. The van der Waals surface area contributed by atoms with Crippen LogP contribution in [-0.4, -0.2) is 18.3 Å². The SMILES string of the molecule is CCOC(=O)C(C)=NO[P+](=O)c1cc(Oc2ccc(C(F)(F)F)cc2Cl)c(CC)cc1N=O. The van der Waals surface area contributed by atoms with Gasteiger partial charge in [-0.05, 0) is 65.0 Å². The van der Waals surface area contributed by atoms with Crippen molar-refractivity contribution < 1.29 is 36.6 Å². The fraction of sp³-hybridized carbons (Fsp3) is 0.300. The molecule has 0 bridgehead atoms. The number of nitroso groups, excluding NO2 is 1. The van der Waals surface area contributed by atoms with E-state index < -0.39 is 25.7 Å². The molecule has 0 radical (unpaired) electrons. The summed E-state index contributed by atoms with van der Waals surface area (Å²) < 4.78 is 66.4. The van der Waals surface area contributed by atoms with E-state index in [1.807, 2.05) is 0 Å². The van der Waals surface area contributed by atoms with Crippen LogP contribution in [0.25, 0.3) is 0 Å². The molecule has 0 aliphatic rings. The third-order valence-electron chi connectivity index (χ3n) is 4.14. The zero-order chi connectivity index (χ0) is 24.8. The Hall–Kier alpha value is -3.04. The van der Waals surface area contributed by atoms with E-state index in [2.05, 4.69) is 10.3 Å². The van der Waals surface area contributed by atoms with E-state index in [1.54, 1.807) is 13.8 Å². The first-order valence-corrected chi connectivity index (χ1v) is 11.0. The molecule has 0 aromatic heterocycles. The summed E-state index contributed by atoms with van der Waals surface area (Å²) in [6.45, 7) is 4.70. The number of carbonyl (C=O) groups is 1. The first-order valence-electron chi connectivity index (χ1n) is 9.42. The molecular weight excluding hydrogens is 488 g/mol. The third-order valence-corrected chi connectivity index (χ3v) is 5.41. The van der Waals surface area contributed by atoms with Gasteiger partial charge in [-0.2, -0.15) is 13.2 Å². The topological polar surface area (TPSA) is 104 Å². The van der Waals surface area contributed by atoms with Crippen molar-refractivity contribution in [1.29, 1.82) is 0 Å². The molecule has 0 N–H and O–H groups in total. The third kappa shape index (κ3) is 6.72. The number of oxime groups is 1. The number of ether oxygens (including phenoxy) is 2. The Balaban J connectivity index is 2.40. The zero-order valence-corrected chi connectivity index (χ0v) is 19.3. The fourth-order valence-electron chi connectivity index (χ4n) is 2.49. The van der Waals surface area contributed by atoms with Gasteiger partial charge in [-0.25, -0.2) is 4.79 Å². The molecule has 0 heterocycles. The van der Waals surface area contributed by atoms with Gasteiger partial charge < -0.3 is 9.47 Å². The van der Waals surface area contributed by atoms with E-state index in [9.17, 15) is 27.4 Å². The van der Waals surface area contributed by atoms with Gasteiger partial charge in [0.25, 0.3) is 5.30 Å². The Bertz CT molecular complexity index is 1110. The van der Waals surface area contributed by atoms with Crippen molar-refractivity contribution in [2.24, 2.45) is 10.3 Å². The van der Waals surface area contributed by atoms with Gasteiger partial charge in [-0.15, -0.1) is 9.53 Å². The molecule has 0 saturated carbocycles. The minimum Gasteiger partial charge on any atom is -0.461 e. The average molecular weight is 506 g/mol. The Morgan fingerprint density at radius 3 is 2.39 bits per heavy atom. The number of hydrogen-bond donors (Lipinski definition) is 0. The smallest absolute Gasteiger partial charge is 0.461 e. The van der Waals surface area contributed by atoms with Crippen LogP contribution in [-0.2, 0) is 31.3 Å². The summed E-state index contributed by atoms with van der Waals surface area (Å²) in [6, 6.07) is 5.04. The molecule has 2 aromatic carbocycles. The summed E-state index contributed by atoms with van der Waals surface area (Å²) in [5.74, 6) is -0.805. The van der Waals surface area contributed by atoms with Crippen molar-refractivity contribution in [3.05, 3.63) is 51.4 Å². The number of rotatable bonds is 9. The molecule has 2 aromatic rings. The summed E-state index contributed by atoms with van der Waals surface area (Å²) in [6.07, 6.45) is -4.24. The number of aryl methyl sites for hydroxylation is 1. The largest absolute Gasteiger partial charge is 0.624 e. The van der Waals surface area contributed by atoms with Crippen LogP contribution in [0.15, 0.2) is 40.7 Å². The second-order valence-corrected chi connectivity index (χ2v) is 7.94. The van der Waals surface area contributed by atoms with Crippen LogP contribution in [0.1, 0.15) is 31.9 Å². The van der Waals surface area contributed by atoms with Crippen LogP contribution < -0.4 is 10.0 Å². The monoisotopic (exact) mass is 505 g/mol. The summed E-state index contributed by atoms with van der Waals surface area (Å²) in [5.41, 5.74) is -0.941. The highest BCUT2D eigenvalue weighted by Gasteiger charge is 2.33. The van der Waals surface area contributed by atoms with Crippen LogP contribution in [0.2, 0.25) is 5.02 Å². The van der Waals surface area contributed by atoms with E-state index in [0.717, 1.165) is 12.1 Å². The maximum Gasteiger partial charge on any atom is 0.624 e. The van der Waals surface area contributed by atoms with Crippen molar-refractivity contribution >= 4 is 42.3 Å². The maximum atomic E-state index is 12.9. The molecular formula is C20H18ClF3N2O6P+. The lowest BCUT2D eigenvalue weighted by molar-refractivity contribution is -0.137. The molecule has 1 unspecified atom stereocenters. The Kier molecular flexibility index (Phi) is 8.90. The van der Waals surface area contributed by atoms with Crippen LogP contribution >= 0.6 is 19.6 Å². The number of benzene rings is 2. The average Bonchev–Trinajstić information content (AvgIpc) is 2.77. The molecule has 8 nitrogen and oxygen atoms in total. The predicted molar refractivity (Wildman–Crippen MR) is 116 cm³/mol. The molecule has 0 aliphatic carbocycles. The van der Waals surface area contributed by atoms with Crippen molar-refractivity contribution in [1.82, 2.24) is 0 Å². The van der Waals surface area contributed by atoms with E-state index >= 15 is 0 Å². The highest BCUT2D eigenvalue weighted by molar-refractivity contribution is 7.48. The van der Waals surface area contributed by atoms with Crippen LogP contribution in [0.4, 0.5) is 18.9 Å². The lowest BCUT2D eigenvalue weighted by Crippen LogP contribution is -2.14. The first-order chi connectivity index (χ1) is 15.5. The summed E-state index contributed by atoms with van der Waals surface area (Å²) >= 11 is 5.94. The van der Waals surface area contributed by atoms with Gasteiger partial charge in [0, 0.05) is 6.07 Å². The predicted octanol–water partition coefficient (Wildman–Crippen LogP) is 6.43. The zero-order valence-electron chi connectivity index (χ0n) is 17.6. The van der Waals surface area contributed by atoms with Crippen LogP contribution in [0, 0.1) is 4.91 Å². The van der Waals surface area contributed by atoms with Crippen molar-refractivity contribution in [2.75, 3.05) is 6.61 Å². The lowest BCUT2D eigenvalue weighted by atomic mass is 10.1. The Morgan fingerprint density at radius 1 is 1.15 bits per heavy atom. The Morgan fingerprint density at radius 2 is 1.85 bits per heavy atom. The molecule has 0 fully saturated rings. The number of halogens is 4. The molecule has 0 saturated heterocycles. The van der Waals surface area contributed by atoms with Crippen molar-refractivity contribution in [3.8, 4) is 11.5 Å². The maximum absolute atomic E-state index is 12.9. The van der Waals surface area contributed by atoms with E-state index in [0.29, 0.717) is 18.1 Å². The number of nitrogens with zero attached hydrogens (tertiary/aromatic N) is 2. The number of alkyl halides is 3. The van der Waals surface area contributed by atoms with Gasteiger partial charge in [0.1, 0.15) is 11.5 Å². The highest BCUT2D eigenvalue weighted by Crippen LogP contribution is 2.39. The summed E-state index contributed by atoms with van der Waals surface area (Å²) in [5, 5.41) is 5.78. The quantitative estimate of drug-likeness (QED) is 0.128. The molecule has 176 valence electrons. The number of esters is 1. The molecule has 13 heteroatoms. The van der Waals surface area contributed by atoms with Gasteiger partial charge in [0.05, 0.1) is 17.2 Å². The Labute approximate surface area is 192 Å². The van der Waals surface area contributed by atoms with Crippen LogP contribution in [0.3, 0.4) is 0 Å². The van der Waals surface area contributed by atoms with Gasteiger partial charge in [-0.1, -0.05) is 18.5 Å². The molecule has 0 aliphatic heterocycles. The van der Waals surface area contributed by atoms with E-state index in [-0.39, 0.29) is 39.8 Å². The number of hydrogen-bond acceptors (Lipinski definition) is 8. The molecule has 1 atom stereocenters. The minimum absolute atomic E-state index is 0.0691. The van der Waals surface area contributed by atoms with Crippen molar-refractivity contribution in [3.63, 3.8) is 0 Å². The minimum atomic E-state index is -4.58. The highest BCUT2D eigenvalue weighted by atomic mass is 35.5. The van der Waals surface area contributed by atoms with Gasteiger partial charge in [-0.3, -0.25) is 0 Å². The standard InChI is InChI=1S/C20H18ClF3N2O6P/c1-4-12-8-15(25-28)18(33(29)32-26-11(3)19(27)30-5-2)10-17(12)31-16-7-6-13(9-14(16)21)20(22,23)24/h6-10H,4-5H2,1-3H3/q+1. The van der Waals surface area contributed by atoms with Gasteiger partial charge in [0.15, 0.2) is 11.4 Å². The van der Waals surface area contributed by atoms with Crippen molar-refractivity contribution in [2.45, 2.75) is 33.4 Å². The molecule has 0 spiro atoms. The molecule has 2 rings (SSSR count). The van der Waals surface area contributed by atoms with Gasteiger partial charge >= 0.3 is 20.2 Å². The van der Waals surface area contributed by atoms with Crippen LogP contribution in [0.5, 0.6) is 11.5 Å². The first kappa shape index (κ1) is 26.2. The summed E-state index contributed by atoms with van der Waals surface area (Å²) in [4.78, 5) is 22.8. The fourth-order valence-corrected chi connectivity index (χ4v) is 3.50. The lowest BCUT2D eigenvalue weighted by Gasteiger charge is -2.13. The molecule has 33 heavy (non-hydrogen) atoms. The normalized spacial score (nSPS) is 12.2. The van der Waals surface area contributed by atoms with E-state index in [1.165, 1.54) is 19.1 Å². The van der Waals surface area contributed by atoms with E-state index in [4.69, 9.17) is 25.7 Å². The molecule has 0 amide bonds.